The first-order valence-electron chi connectivity index (χ1n) is 8.61. The lowest BCUT2D eigenvalue weighted by atomic mass is 10.2. The lowest BCUT2D eigenvalue weighted by Crippen LogP contribution is -2.40. The van der Waals surface area contributed by atoms with Crippen LogP contribution in [-0.2, 0) is 21.4 Å². The van der Waals surface area contributed by atoms with Gasteiger partial charge < -0.3 is 10.1 Å². The first kappa shape index (κ1) is 21.2. The van der Waals surface area contributed by atoms with E-state index in [1.54, 1.807) is 43.3 Å². The molecule has 0 saturated carbocycles. The SMILES string of the molecule is CCOc1ccc(S(=O)(=O)N(CC)CC(=O)NCc2ccc(Cl)cc2)cc1. The first-order chi connectivity index (χ1) is 12.9. The Hall–Kier alpha value is -2.09. The maximum atomic E-state index is 12.8. The minimum Gasteiger partial charge on any atom is -0.494 e. The van der Waals surface area contributed by atoms with Gasteiger partial charge in [0.05, 0.1) is 18.0 Å². The van der Waals surface area contributed by atoms with Crippen LogP contribution in [0.1, 0.15) is 19.4 Å². The first-order valence-corrected chi connectivity index (χ1v) is 10.4. The van der Waals surface area contributed by atoms with E-state index in [1.807, 2.05) is 6.92 Å². The molecular weight excluding hydrogens is 388 g/mol. The lowest BCUT2D eigenvalue weighted by molar-refractivity contribution is -0.121. The fraction of sp³-hybridized carbons (Fsp3) is 0.316. The minimum atomic E-state index is -3.77. The Kier molecular flexibility index (Phi) is 7.65. The molecule has 1 N–H and O–H groups in total. The number of hydrogen-bond acceptors (Lipinski definition) is 4. The molecule has 0 bridgehead atoms. The second-order valence-electron chi connectivity index (χ2n) is 5.74. The van der Waals surface area contributed by atoms with Crippen molar-refractivity contribution in [2.24, 2.45) is 0 Å². The topological polar surface area (TPSA) is 75.7 Å². The van der Waals surface area contributed by atoms with Crippen LogP contribution in [0.5, 0.6) is 5.75 Å². The summed E-state index contributed by atoms with van der Waals surface area (Å²) in [7, 11) is -3.77. The van der Waals surface area contributed by atoms with Gasteiger partial charge in [0.25, 0.3) is 0 Å². The van der Waals surface area contributed by atoms with Gasteiger partial charge >= 0.3 is 0 Å². The molecule has 6 nitrogen and oxygen atoms in total. The third-order valence-corrected chi connectivity index (χ3v) is 6.04. The highest BCUT2D eigenvalue weighted by Gasteiger charge is 2.25. The fourth-order valence-electron chi connectivity index (χ4n) is 2.41. The Morgan fingerprint density at radius 2 is 1.70 bits per heavy atom. The summed E-state index contributed by atoms with van der Waals surface area (Å²) >= 11 is 5.83. The Morgan fingerprint density at radius 3 is 2.26 bits per heavy atom. The molecule has 0 aliphatic carbocycles. The van der Waals surface area contributed by atoms with E-state index in [1.165, 1.54) is 12.1 Å². The highest BCUT2D eigenvalue weighted by Crippen LogP contribution is 2.19. The summed E-state index contributed by atoms with van der Waals surface area (Å²) in [5.41, 5.74) is 0.880. The molecule has 0 aliphatic rings. The van der Waals surface area contributed by atoms with E-state index in [-0.39, 0.29) is 23.9 Å². The number of likely N-dealkylation sites (N-methyl/N-ethyl adjacent to an activating group) is 1. The highest BCUT2D eigenvalue weighted by molar-refractivity contribution is 7.89. The van der Waals surface area contributed by atoms with E-state index in [0.29, 0.717) is 23.9 Å². The van der Waals surface area contributed by atoms with Crippen molar-refractivity contribution in [2.75, 3.05) is 19.7 Å². The van der Waals surface area contributed by atoms with Crippen molar-refractivity contribution in [1.29, 1.82) is 0 Å². The third kappa shape index (κ3) is 5.95. The van der Waals surface area contributed by atoms with Crippen LogP contribution in [0.4, 0.5) is 0 Å². The predicted molar refractivity (Wildman–Crippen MR) is 105 cm³/mol. The average Bonchev–Trinajstić information content (AvgIpc) is 2.66. The van der Waals surface area contributed by atoms with Gasteiger partial charge in [-0.05, 0) is 48.9 Å². The summed E-state index contributed by atoms with van der Waals surface area (Å²) in [6.07, 6.45) is 0. The molecule has 146 valence electrons. The molecule has 0 radical (unpaired) electrons. The van der Waals surface area contributed by atoms with Gasteiger partial charge in [0.15, 0.2) is 0 Å². The number of amides is 1. The van der Waals surface area contributed by atoms with Crippen molar-refractivity contribution < 1.29 is 17.9 Å². The van der Waals surface area contributed by atoms with Crippen LogP contribution in [0.15, 0.2) is 53.4 Å². The van der Waals surface area contributed by atoms with Gasteiger partial charge in [-0.25, -0.2) is 8.42 Å². The van der Waals surface area contributed by atoms with E-state index in [4.69, 9.17) is 16.3 Å². The lowest BCUT2D eigenvalue weighted by Gasteiger charge is -2.20. The van der Waals surface area contributed by atoms with Gasteiger partial charge in [0.1, 0.15) is 5.75 Å². The molecule has 0 spiro atoms. The Balaban J connectivity index is 2.01. The molecule has 8 heteroatoms. The molecule has 2 aromatic rings. The fourth-order valence-corrected chi connectivity index (χ4v) is 3.94. The second-order valence-corrected chi connectivity index (χ2v) is 8.11. The van der Waals surface area contributed by atoms with Gasteiger partial charge in [-0.15, -0.1) is 0 Å². The van der Waals surface area contributed by atoms with Crippen molar-refractivity contribution >= 4 is 27.5 Å². The smallest absolute Gasteiger partial charge is 0.243 e. The molecule has 0 fully saturated rings. The maximum Gasteiger partial charge on any atom is 0.243 e. The standard InChI is InChI=1S/C19H23ClN2O4S/c1-3-22(14-19(23)21-13-15-5-7-16(20)8-6-15)27(24,25)18-11-9-17(10-12-18)26-4-2/h5-12H,3-4,13-14H2,1-2H3,(H,21,23). The van der Waals surface area contributed by atoms with E-state index < -0.39 is 10.0 Å². The summed E-state index contributed by atoms with van der Waals surface area (Å²) in [4.78, 5) is 12.3. The van der Waals surface area contributed by atoms with Gasteiger partial charge in [-0.2, -0.15) is 4.31 Å². The van der Waals surface area contributed by atoms with Crippen molar-refractivity contribution in [3.05, 3.63) is 59.1 Å². The molecule has 0 unspecified atom stereocenters. The van der Waals surface area contributed by atoms with Gasteiger partial charge in [-0.1, -0.05) is 30.7 Å². The minimum absolute atomic E-state index is 0.123. The van der Waals surface area contributed by atoms with Crippen LogP contribution < -0.4 is 10.1 Å². The van der Waals surface area contributed by atoms with Gasteiger partial charge in [0.2, 0.25) is 15.9 Å². The molecule has 2 aromatic carbocycles. The zero-order valence-corrected chi connectivity index (χ0v) is 16.9. The summed E-state index contributed by atoms with van der Waals surface area (Å²) in [6, 6.07) is 13.2. The summed E-state index contributed by atoms with van der Waals surface area (Å²) in [5, 5.41) is 3.34. The van der Waals surface area contributed by atoms with E-state index in [2.05, 4.69) is 5.32 Å². The van der Waals surface area contributed by atoms with Crippen molar-refractivity contribution in [3.63, 3.8) is 0 Å². The average molecular weight is 411 g/mol. The molecule has 0 saturated heterocycles. The van der Waals surface area contributed by atoms with Gasteiger partial charge in [-0.3, -0.25) is 4.79 Å². The zero-order valence-electron chi connectivity index (χ0n) is 15.3. The summed E-state index contributed by atoms with van der Waals surface area (Å²) in [5.74, 6) is 0.224. The molecule has 2 rings (SSSR count). The van der Waals surface area contributed by atoms with E-state index >= 15 is 0 Å². The van der Waals surface area contributed by atoms with Crippen molar-refractivity contribution in [2.45, 2.75) is 25.3 Å². The highest BCUT2D eigenvalue weighted by atomic mass is 35.5. The normalized spacial score (nSPS) is 11.4. The zero-order chi connectivity index (χ0) is 19.9. The van der Waals surface area contributed by atoms with Crippen molar-refractivity contribution in [3.8, 4) is 5.75 Å². The van der Waals surface area contributed by atoms with Crippen LogP contribution in [-0.4, -0.2) is 38.3 Å². The molecule has 0 aliphatic heterocycles. The van der Waals surface area contributed by atoms with Crippen LogP contribution in [0, 0.1) is 0 Å². The summed E-state index contributed by atoms with van der Waals surface area (Å²) in [6.45, 7) is 4.28. The number of hydrogen-bond donors (Lipinski definition) is 1. The predicted octanol–water partition coefficient (Wildman–Crippen LogP) is 3.07. The maximum absolute atomic E-state index is 12.8. The second kappa shape index (κ2) is 9.73. The van der Waals surface area contributed by atoms with Gasteiger partial charge in [0, 0.05) is 18.1 Å². The molecule has 27 heavy (non-hydrogen) atoms. The monoisotopic (exact) mass is 410 g/mol. The number of benzene rings is 2. The number of rotatable bonds is 9. The number of sulfonamides is 1. The quantitative estimate of drug-likeness (QED) is 0.689. The Morgan fingerprint density at radius 1 is 1.07 bits per heavy atom. The van der Waals surface area contributed by atoms with Crippen LogP contribution in [0.3, 0.4) is 0 Å². The molecule has 0 aromatic heterocycles. The number of carbonyl (C=O) groups is 1. The summed E-state index contributed by atoms with van der Waals surface area (Å²) < 4.78 is 32.0. The molecule has 0 heterocycles. The van der Waals surface area contributed by atoms with E-state index in [0.717, 1.165) is 9.87 Å². The van der Waals surface area contributed by atoms with Crippen LogP contribution >= 0.6 is 11.6 Å². The molecular formula is C19H23ClN2O4S. The number of halogens is 1. The van der Waals surface area contributed by atoms with E-state index in [9.17, 15) is 13.2 Å². The van der Waals surface area contributed by atoms with Crippen LogP contribution in [0.25, 0.3) is 0 Å². The number of ether oxygens (including phenoxy) is 1. The number of carbonyl (C=O) groups excluding carboxylic acids is 1. The number of nitrogens with one attached hydrogen (secondary N) is 1. The van der Waals surface area contributed by atoms with Crippen molar-refractivity contribution in [1.82, 2.24) is 9.62 Å². The number of nitrogens with zero attached hydrogens (tertiary/aromatic N) is 1. The largest absolute Gasteiger partial charge is 0.494 e. The third-order valence-electron chi connectivity index (χ3n) is 3.85. The molecule has 0 atom stereocenters. The Labute approximate surface area is 165 Å². The van der Waals surface area contributed by atoms with Crippen LogP contribution in [0.2, 0.25) is 5.02 Å². The Bertz CT molecular complexity index is 852. The molecule has 1 amide bonds.